The van der Waals surface area contributed by atoms with E-state index in [1.165, 1.54) is 36.1 Å². The third-order valence-electron chi connectivity index (χ3n) is 6.02. The zero-order chi connectivity index (χ0) is 20.8. The van der Waals surface area contributed by atoms with Crippen LogP contribution in [0.4, 0.5) is 5.69 Å². The second-order valence-corrected chi connectivity index (χ2v) is 9.69. The molecule has 1 aliphatic heterocycles. The van der Waals surface area contributed by atoms with Gasteiger partial charge in [-0.25, -0.2) is 0 Å². The van der Waals surface area contributed by atoms with Crippen LogP contribution >= 0.6 is 11.8 Å². The van der Waals surface area contributed by atoms with Gasteiger partial charge in [-0.3, -0.25) is 9.79 Å². The molecule has 1 fully saturated rings. The van der Waals surface area contributed by atoms with E-state index in [9.17, 15) is 4.79 Å². The average Bonchev–Trinajstić information content (AvgIpc) is 3.23. The first kappa shape index (κ1) is 20.8. The summed E-state index contributed by atoms with van der Waals surface area (Å²) >= 11 is 1.99. The third kappa shape index (κ3) is 4.98. The number of benzene rings is 2. The zero-order valence-electron chi connectivity index (χ0n) is 17.5. The van der Waals surface area contributed by atoms with Crippen molar-refractivity contribution >= 4 is 29.3 Å². The van der Waals surface area contributed by atoms with Crippen LogP contribution in [0.25, 0.3) is 0 Å². The molecule has 2 aliphatic rings. The monoisotopic (exact) mass is 422 g/mol. The fourth-order valence-electron chi connectivity index (χ4n) is 4.44. The van der Waals surface area contributed by atoms with Crippen molar-refractivity contribution in [3.05, 3.63) is 60.2 Å². The van der Waals surface area contributed by atoms with Crippen molar-refractivity contribution in [3.63, 3.8) is 0 Å². The molecule has 1 heterocycles. The molecule has 0 radical (unpaired) electrons. The number of fused-ring (bicyclic) bond motifs is 1. The van der Waals surface area contributed by atoms with Gasteiger partial charge in [0.1, 0.15) is 0 Å². The van der Waals surface area contributed by atoms with Crippen molar-refractivity contribution < 1.29 is 4.79 Å². The van der Waals surface area contributed by atoms with E-state index >= 15 is 0 Å². The van der Waals surface area contributed by atoms with Gasteiger partial charge in [-0.2, -0.15) is 0 Å². The van der Waals surface area contributed by atoms with Gasteiger partial charge in [0.25, 0.3) is 0 Å². The van der Waals surface area contributed by atoms with E-state index in [0.29, 0.717) is 13.0 Å². The molecule has 1 atom stereocenters. The minimum Gasteiger partial charge on any atom is -0.356 e. The molecule has 2 aromatic carbocycles. The summed E-state index contributed by atoms with van der Waals surface area (Å²) in [7, 11) is 1.81. The van der Waals surface area contributed by atoms with Crippen LogP contribution in [0.5, 0.6) is 0 Å². The molecule has 1 saturated carbocycles. The molecule has 6 heteroatoms. The molecule has 30 heavy (non-hydrogen) atoms. The summed E-state index contributed by atoms with van der Waals surface area (Å²) in [5.41, 5.74) is 2.11. The minimum absolute atomic E-state index is 0.0765. The molecule has 1 unspecified atom stereocenters. The Morgan fingerprint density at radius 1 is 1.10 bits per heavy atom. The quantitative estimate of drug-likeness (QED) is 0.477. The predicted octanol–water partition coefficient (Wildman–Crippen LogP) is 4.38. The number of amides is 1. The molecule has 3 N–H and O–H groups in total. The summed E-state index contributed by atoms with van der Waals surface area (Å²) < 4.78 is 0.205. The maximum Gasteiger partial charge on any atom is 0.225 e. The molecule has 0 bridgehead atoms. The number of nitrogens with one attached hydrogen (secondary N) is 3. The second-order valence-electron chi connectivity index (χ2n) is 8.15. The molecule has 1 aliphatic carbocycles. The average molecular weight is 423 g/mol. The van der Waals surface area contributed by atoms with E-state index in [1.807, 2.05) is 37.0 Å². The minimum atomic E-state index is 0.0765. The Bertz CT molecular complexity index is 893. The van der Waals surface area contributed by atoms with Crippen LogP contribution in [-0.4, -0.2) is 36.8 Å². The third-order valence-corrected chi connectivity index (χ3v) is 7.51. The van der Waals surface area contributed by atoms with E-state index in [-0.39, 0.29) is 16.6 Å². The fraction of sp³-hybridized carbons (Fsp3) is 0.417. The Hall–Kier alpha value is -2.47. The number of guanidine groups is 1. The number of para-hydroxylation sites is 1. The van der Waals surface area contributed by atoms with E-state index in [2.05, 4.69) is 57.3 Å². The Labute approximate surface area is 183 Å². The van der Waals surface area contributed by atoms with Gasteiger partial charge in [0.05, 0.1) is 0 Å². The smallest absolute Gasteiger partial charge is 0.225 e. The van der Waals surface area contributed by atoms with Gasteiger partial charge in [-0.05, 0) is 36.6 Å². The summed E-state index contributed by atoms with van der Waals surface area (Å²) in [5, 5.41) is 9.99. The Morgan fingerprint density at radius 3 is 2.60 bits per heavy atom. The van der Waals surface area contributed by atoms with Gasteiger partial charge in [-0.15, -0.1) is 11.8 Å². The number of hydrogen-bond donors (Lipinski definition) is 3. The van der Waals surface area contributed by atoms with E-state index in [1.54, 1.807) is 0 Å². The molecule has 5 nitrogen and oxygen atoms in total. The first-order valence-electron chi connectivity index (χ1n) is 10.7. The number of rotatable bonds is 6. The molecule has 1 amide bonds. The highest BCUT2D eigenvalue weighted by atomic mass is 32.2. The van der Waals surface area contributed by atoms with Crippen LogP contribution in [0, 0.1) is 0 Å². The number of thioether (sulfide) groups is 1. The normalized spacial score (nSPS) is 20.4. The van der Waals surface area contributed by atoms with E-state index in [4.69, 9.17) is 0 Å². The number of nitrogens with zero attached hydrogens (tertiary/aromatic N) is 1. The molecule has 0 spiro atoms. The Kier molecular flexibility index (Phi) is 6.62. The Balaban J connectivity index is 1.36. The van der Waals surface area contributed by atoms with Crippen molar-refractivity contribution in [3.8, 4) is 0 Å². The summed E-state index contributed by atoms with van der Waals surface area (Å²) in [6.07, 6.45) is 5.48. The van der Waals surface area contributed by atoms with Gasteiger partial charge in [-0.1, -0.05) is 49.2 Å². The molecule has 2 aromatic rings. The summed E-state index contributed by atoms with van der Waals surface area (Å²) in [6, 6.07) is 18.7. The van der Waals surface area contributed by atoms with Gasteiger partial charge in [0.2, 0.25) is 5.91 Å². The van der Waals surface area contributed by atoms with Crippen molar-refractivity contribution in [1.82, 2.24) is 10.6 Å². The van der Waals surface area contributed by atoms with Crippen molar-refractivity contribution in [1.29, 1.82) is 0 Å². The number of aliphatic imine (C=N–C) groups is 1. The summed E-state index contributed by atoms with van der Waals surface area (Å²) in [4.78, 5) is 17.8. The molecular weight excluding hydrogens is 392 g/mol. The van der Waals surface area contributed by atoms with Crippen LogP contribution in [0.3, 0.4) is 0 Å². The second kappa shape index (κ2) is 9.56. The van der Waals surface area contributed by atoms with Crippen molar-refractivity contribution in [2.45, 2.75) is 47.7 Å². The van der Waals surface area contributed by atoms with Gasteiger partial charge in [0.15, 0.2) is 5.96 Å². The number of carbonyl (C=O) groups excluding carboxylic acids is 1. The van der Waals surface area contributed by atoms with Crippen LogP contribution in [0.1, 0.15) is 43.6 Å². The highest BCUT2D eigenvalue weighted by Gasteiger charge is 2.35. The summed E-state index contributed by atoms with van der Waals surface area (Å²) in [5.74, 6) is 1.03. The van der Waals surface area contributed by atoms with Crippen molar-refractivity contribution in [2.75, 3.05) is 25.5 Å². The van der Waals surface area contributed by atoms with Gasteiger partial charge in [0, 0.05) is 47.8 Å². The fourth-order valence-corrected chi connectivity index (χ4v) is 5.87. The Morgan fingerprint density at radius 2 is 1.83 bits per heavy atom. The van der Waals surface area contributed by atoms with Crippen LogP contribution in [0.2, 0.25) is 0 Å². The van der Waals surface area contributed by atoms with Gasteiger partial charge >= 0.3 is 0 Å². The number of hydrogen-bond acceptors (Lipinski definition) is 3. The van der Waals surface area contributed by atoms with E-state index in [0.717, 1.165) is 18.2 Å². The zero-order valence-corrected chi connectivity index (χ0v) is 18.3. The van der Waals surface area contributed by atoms with E-state index < -0.39 is 0 Å². The first-order chi connectivity index (χ1) is 14.7. The maximum absolute atomic E-state index is 12.1. The molecule has 4 rings (SSSR count). The lowest BCUT2D eigenvalue weighted by Crippen LogP contribution is -2.46. The largest absolute Gasteiger partial charge is 0.356 e. The van der Waals surface area contributed by atoms with Gasteiger partial charge < -0.3 is 16.0 Å². The highest BCUT2D eigenvalue weighted by molar-refractivity contribution is 8.00. The standard InChI is InChI=1S/C24H30N4OS/c1-25-23(26-16-18-15-22(29)28-21-12-6-5-11-20(18)21)27-17-24(13-7-8-14-24)30-19-9-3-2-4-10-19/h2-6,9-12,18H,7-8,13-17H2,1H3,(H,28,29)(H2,25,26,27). The molecular formula is C24H30N4OS. The number of anilines is 1. The molecule has 0 saturated heterocycles. The predicted molar refractivity (Wildman–Crippen MR) is 125 cm³/mol. The lowest BCUT2D eigenvalue weighted by atomic mass is 9.90. The summed E-state index contributed by atoms with van der Waals surface area (Å²) in [6.45, 7) is 1.57. The topological polar surface area (TPSA) is 65.5 Å². The van der Waals surface area contributed by atoms with Crippen LogP contribution in [0.15, 0.2) is 64.5 Å². The first-order valence-corrected chi connectivity index (χ1v) is 11.6. The lowest BCUT2D eigenvalue weighted by molar-refractivity contribution is -0.116. The van der Waals surface area contributed by atoms with Crippen molar-refractivity contribution in [2.24, 2.45) is 4.99 Å². The maximum atomic E-state index is 12.1. The SMILES string of the molecule is CN=C(NCC1CC(=O)Nc2ccccc21)NCC1(Sc2ccccc2)CCCC1. The number of carbonyl (C=O) groups is 1. The highest BCUT2D eigenvalue weighted by Crippen LogP contribution is 2.44. The van der Waals surface area contributed by atoms with Crippen LogP contribution in [-0.2, 0) is 4.79 Å². The van der Waals surface area contributed by atoms with Crippen LogP contribution < -0.4 is 16.0 Å². The molecule has 158 valence electrons. The lowest BCUT2D eigenvalue weighted by Gasteiger charge is -2.30. The molecule has 0 aromatic heterocycles.